The summed E-state index contributed by atoms with van der Waals surface area (Å²) < 4.78 is 5.02. The molecular weight excluding hydrogens is 340 g/mol. The first-order chi connectivity index (χ1) is 13.1. The highest BCUT2D eigenvalue weighted by Gasteiger charge is 2.40. The van der Waals surface area contributed by atoms with Crippen LogP contribution in [0.5, 0.6) is 0 Å². The van der Waals surface area contributed by atoms with E-state index in [0.29, 0.717) is 31.8 Å². The molecule has 0 spiro atoms. The molecule has 2 atom stereocenters. The molecule has 1 aliphatic rings. The predicted molar refractivity (Wildman–Crippen MR) is 105 cm³/mol. The summed E-state index contributed by atoms with van der Waals surface area (Å²) in [6.07, 6.45) is 0. The van der Waals surface area contributed by atoms with E-state index in [1.165, 1.54) is 5.56 Å². The SMILES string of the molecule is COCCNC(=O)[C@@H]1CN(C(=O)c2ccccc2)C[C@@H]1c1ccc(C)cc1. The Hall–Kier alpha value is -2.66. The fraction of sp³-hybridized carbons (Fsp3) is 0.364. The number of ether oxygens (including phenoxy) is 1. The molecule has 3 rings (SSSR count). The lowest BCUT2D eigenvalue weighted by atomic mass is 9.88. The fourth-order valence-corrected chi connectivity index (χ4v) is 3.56. The van der Waals surface area contributed by atoms with Crippen molar-refractivity contribution in [2.24, 2.45) is 5.92 Å². The lowest BCUT2D eigenvalue weighted by Gasteiger charge is -2.18. The van der Waals surface area contributed by atoms with Gasteiger partial charge >= 0.3 is 0 Å². The molecule has 2 aromatic carbocycles. The largest absolute Gasteiger partial charge is 0.383 e. The first-order valence-corrected chi connectivity index (χ1v) is 9.27. The average molecular weight is 366 g/mol. The van der Waals surface area contributed by atoms with Gasteiger partial charge in [0, 0.05) is 38.2 Å². The standard InChI is InChI=1S/C22H26N2O3/c1-16-8-10-17(11-9-16)19-14-24(22(26)18-6-4-3-5-7-18)15-20(19)21(25)23-12-13-27-2/h3-11,19-20H,12-15H2,1-2H3,(H,23,25)/t19-,20-/m1/s1. The topological polar surface area (TPSA) is 58.6 Å². The number of carbonyl (C=O) groups is 2. The summed E-state index contributed by atoms with van der Waals surface area (Å²) in [7, 11) is 1.61. The molecule has 5 nitrogen and oxygen atoms in total. The van der Waals surface area contributed by atoms with Crippen molar-refractivity contribution in [3.8, 4) is 0 Å². The maximum atomic E-state index is 12.9. The summed E-state index contributed by atoms with van der Waals surface area (Å²) >= 11 is 0. The summed E-state index contributed by atoms with van der Waals surface area (Å²) in [4.78, 5) is 27.4. The maximum absolute atomic E-state index is 12.9. The minimum Gasteiger partial charge on any atom is -0.383 e. The first-order valence-electron chi connectivity index (χ1n) is 9.27. The van der Waals surface area contributed by atoms with Crippen molar-refractivity contribution in [3.05, 3.63) is 71.3 Å². The third-order valence-electron chi connectivity index (χ3n) is 5.08. The molecule has 1 aliphatic heterocycles. The lowest BCUT2D eigenvalue weighted by Crippen LogP contribution is -2.37. The Labute approximate surface area is 160 Å². The molecule has 27 heavy (non-hydrogen) atoms. The fourth-order valence-electron chi connectivity index (χ4n) is 3.56. The Bertz CT molecular complexity index is 774. The number of nitrogens with zero attached hydrogens (tertiary/aromatic N) is 1. The Kier molecular flexibility index (Phi) is 6.24. The number of nitrogens with one attached hydrogen (secondary N) is 1. The van der Waals surface area contributed by atoms with Crippen LogP contribution < -0.4 is 5.32 Å². The van der Waals surface area contributed by atoms with Crippen molar-refractivity contribution in [1.82, 2.24) is 10.2 Å². The number of rotatable bonds is 6. The summed E-state index contributed by atoms with van der Waals surface area (Å²) in [5.41, 5.74) is 2.92. The monoisotopic (exact) mass is 366 g/mol. The smallest absolute Gasteiger partial charge is 0.253 e. The van der Waals surface area contributed by atoms with Crippen molar-refractivity contribution < 1.29 is 14.3 Å². The van der Waals surface area contributed by atoms with E-state index < -0.39 is 0 Å². The highest BCUT2D eigenvalue weighted by Crippen LogP contribution is 2.34. The van der Waals surface area contributed by atoms with Gasteiger partial charge in [0.15, 0.2) is 0 Å². The van der Waals surface area contributed by atoms with E-state index >= 15 is 0 Å². The van der Waals surface area contributed by atoms with E-state index in [9.17, 15) is 9.59 Å². The molecule has 0 aromatic heterocycles. The van der Waals surface area contributed by atoms with Crippen LogP contribution in [0.3, 0.4) is 0 Å². The number of methoxy groups -OCH3 is 1. The second-order valence-corrected chi connectivity index (χ2v) is 6.98. The molecule has 1 saturated heterocycles. The number of benzene rings is 2. The van der Waals surface area contributed by atoms with Crippen LogP contribution in [0.1, 0.15) is 27.4 Å². The van der Waals surface area contributed by atoms with Crippen LogP contribution in [0.15, 0.2) is 54.6 Å². The van der Waals surface area contributed by atoms with Gasteiger partial charge in [0.25, 0.3) is 5.91 Å². The van der Waals surface area contributed by atoms with E-state index in [4.69, 9.17) is 4.74 Å². The second-order valence-electron chi connectivity index (χ2n) is 6.98. The van der Waals surface area contributed by atoms with Crippen LogP contribution in [-0.2, 0) is 9.53 Å². The maximum Gasteiger partial charge on any atom is 0.253 e. The minimum absolute atomic E-state index is 0.0131. The lowest BCUT2D eigenvalue weighted by molar-refractivity contribution is -0.125. The third kappa shape index (κ3) is 4.55. The van der Waals surface area contributed by atoms with Crippen molar-refractivity contribution >= 4 is 11.8 Å². The summed E-state index contributed by atoms with van der Waals surface area (Å²) in [6, 6.07) is 17.5. The molecule has 1 fully saturated rings. The second kappa shape index (κ2) is 8.82. The van der Waals surface area contributed by atoms with E-state index in [1.807, 2.05) is 37.3 Å². The van der Waals surface area contributed by atoms with Crippen LogP contribution in [0.25, 0.3) is 0 Å². The molecule has 2 amide bonds. The van der Waals surface area contributed by atoms with Crippen LogP contribution >= 0.6 is 0 Å². The van der Waals surface area contributed by atoms with Gasteiger partial charge in [-0.2, -0.15) is 0 Å². The molecular formula is C22H26N2O3. The molecule has 2 aromatic rings. The summed E-state index contributed by atoms with van der Waals surface area (Å²) in [5, 5.41) is 2.93. The zero-order valence-corrected chi connectivity index (χ0v) is 15.9. The molecule has 0 aliphatic carbocycles. The van der Waals surface area contributed by atoms with Crippen LogP contribution in [0, 0.1) is 12.8 Å². The van der Waals surface area contributed by atoms with E-state index in [-0.39, 0.29) is 23.7 Å². The highest BCUT2D eigenvalue weighted by atomic mass is 16.5. The highest BCUT2D eigenvalue weighted by molar-refractivity contribution is 5.95. The van der Waals surface area contributed by atoms with Crippen LogP contribution in [-0.4, -0.2) is 50.1 Å². The van der Waals surface area contributed by atoms with Crippen molar-refractivity contribution in [2.45, 2.75) is 12.8 Å². The van der Waals surface area contributed by atoms with E-state index in [2.05, 4.69) is 29.6 Å². The van der Waals surface area contributed by atoms with Crippen LogP contribution in [0.4, 0.5) is 0 Å². The number of amides is 2. The molecule has 1 heterocycles. The summed E-state index contributed by atoms with van der Waals surface area (Å²) in [5.74, 6) is -0.334. The summed E-state index contributed by atoms with van der Waals surface area (Å²) in [6.45, 7) is 3.95. The predicted octanol–water partition coefficient (Wildman–Crippen LogP) is 2.61. The number of hydrogen-bond donors (Lipinski definition) is 1. The number of carbonyl (C=O) groups excluding carboxylic acids is 2. The number of hydrogen-bond acceptors (Lipinski definition) is 3. The van der Waals surface area contributed by atoms with E-state index in [1.54, 1.807) is 12.0 Å². The van der Waals surface area contributed by atoms with Gasteiger partial charge in [-0.1, -0.05) is 48.0 Å². The molecule has 0 saturated carbocycles. The zero-order valence-electron chi connectivity index (χ0n) is 15.9. The zero-order chi connectivity index (χ0) is 19.2. The Morgan fingerprint density at radius 3 is 2.44 bits per heavy atom. The Morgan fingerprint density at radius 1 is 1.07 bits per heavy atom. The van der Waals surface area contributed by atoms with Crippen molar-refractivity contribution in [2.75, 3.05) is 33.4 Å². The third-order valence-corrected chi connectivity index (χ3v) is 5.08. The molecule has 142 valence electrons. The molecule has 5 heteroatoms. The first kappa shape index (κ1) is 19.1. The quantitative estimate of drug-likeness (QED) is 0.800. The normalized spacial score (nSPS) is 19.1. The van der Waals surface area contributed by atoms with Gasteiger partial charge in [0.2, 0.25) is 5.91 Å². The van der Waals surface area contributed by atoms with Crippen molar-refractivity contribution in [3.63, 3.8) is 0 Å². The minimum atomic E-state index is -0.266. The molecule has 0 bridgehead atoms. The molecule has 0 unspecified atom stereocenters. The van der Waals surface area contributed by atoms with Gasteiger partial charge in [-0.05, 0) is 24.6 Å². The van der Waals surface area contributed by atoms with Gasteiger partial charge in [-0.15, -0.1) is 0 Å². The van der Waals surface area contributed by atoms with Gasteiger partial charge in [0.05, 0.1) is 12.5 Å². The molecule has 0 radical (unpaired) electrons. The van der Waals surface area contributed by atoms with Crippen molar-refractivity contribution in [1.29, 1.82) is 0 Å². The Morgan fingerprint density at radius 2 is 1.78 bits per heavy atom. The van der Waals surface area contributed by atoms with Gasteiger partial charge in [-0.3, -0.25) is 9.59 Å². The van der Waals surface area contributed by atoms with Gasteiger partial charge in [0.1, 0.15) is 0 Å². The van der Waals surface area contributed by atoms with Crippen LogP contribution in [0.2, 0.25) is 0 Å². The van der Waals surface area contributed by atoms with Gasteiger partial charge in [-0.25, -0.2) is 0 Å². The van der Waals surface area contributed by atoms with Gasteiger partial charge < -0.3 is 15.0 Å². The molecule has 1 N–H and O–H groups in total. The number of likely N-dealkylation sites (tertiary alicyclic amines) is 1. The van der Waals surface area contributed by atoms with E-state index in [0.717, 1.165) is 5.56 Å². The average Bonchev–Trinajstić information content (AvgIpc) is 3.14. The number of aryl methyl sites for hydroxylation is 1. The Balaban J connectivity index is 1.80.